The van der Waals surface area contributed by atoms with E-state index in [4.69, 9.17) is 10.5 Å². The Bertz CT molecular complexity index is 500. The first-order valence-corrected chi connectivity index (χ1v) is 8.27. The van der Waals surface area contributed by atoms with Crippen LogP contribution in [0.4, 0.5) is 0 Å². The van der Waals surface area contributed by atoms with Gasteiger partial charge in [-0.2, -0.15) is 0 Å². The molecule has 4 heteroatoms. The molecule has 1 aliphatic rings. The molecule has 1 aromatic rings. The second kappa shape index (κ2) is 7.63. The Morgan fingerprint density at radius 1 is 1.36 bits per heavy atom. The monoisotopic (exact) mass is 304 g/mol. The van der Waals surface area contributed by atoms with Crippen molar-refractivity contribution >= 4 is 5.91 Å². The van der Waals surface area contributed by atoms with E-state index >= 15 is 0 Å². The number of nitrogens with two attached hydrogens (primary N) is 1. The lowest BCUT2D eigenvalue weighted by Gasteiger charge is -2.38. The first kappa shape index (κ1) is 16.8. The number of carbonyl (C=O) groups is 1. The zero-order valence-corrected chi connectivity index (χ0v) is 13.9. The first-order chi connectivity index (χ1) is 10.5. The first-order valence-electron chi connectivity index (χ1n) is 8.27. The normalized spacial score (nSPS) is 20.0. The standard InChI is InChI=1S/C18H28N2O2/c1-13(2)15-7-6-8-16(11-15)22-12-18(21)20-10-5-4-9-17(20)14(3)19/h6-8,11,13-14,17H,4-5,9-10,12,19H2,1-3H3. The summed E-state index contributed by atoms with van der Waals surface area (Å²) < 4.78 is 5.71. The number of hydrogen-bond acceptors (Lipinski definition) is 3. The van der Waals surface area contributed by atoms with Gasteiger partial charge in [0.15, 0.2) is 6.61 Å². The number of hydrogen-bond donors (Lipinski definition) is 1. The van der Waals surface area contributed by atoms with Crippen LogP contribution >= 0.6 is 0 Å². The number of likely N-dealkylation sites (tertiary alicyclic amines) is 1. The molecule has 0 aromatic heterocycles. The van der Waals surface area contributed by atoms with Crippen LogP contribution in [0.5, 0.6) is 5.75 Å². The molecule has 2 N–H and O–H groups in total. The maximum atomic E-state index is 12.5. The average molecular weight is 304 g/mol. The molecule has 0 radical (unpaired) electrons. The maximum absolute atomic E-state index is 12.5. The highest BCUT2D eigenvalue weighted by Gasteiger charge is 2.29. The van der Waals surface area contributed by atoms with Crippen molar-refractivity contribution in [2.75, 3.05) is 13.2 Å². The Morgan fingerprint density at radius 3 is 2.82 bits per heavy atom. The number of carbonyl (C=O) groups excluding carboxylic acids is 1. The Morgan fingerprint density at radius 2 is 2.14 bits per heavy atom. The van der Waals surface area contributed by atoms with E-state index in [0.717, 1.165) is 31.6 Å². The summed E-state index contributed by atoms with van der Waals surface area (Å²) in [5.41, 5.74) is 7.24. The molecule has 2 atom stereocenters. The van der Waals surface area contributed by atoms with Crippen molar-refractivity contribution in [3.63, 3.8) is 0 Å². The van der Waals surface area contributed by atoms with Crippen LogP contribution in [-0.2, 0) is 4.79 Å². The lowest BCUT2D eigenvalue weighted by atomic mass is 9.97. The molecule has 0 bridgehead atoms. The maximum Gasteiger partial charge on any atom is 0.260 e. The number of ether oxygens (including phenoxy) is 1. The second-order valence-corrected chi connectivity index (χ2v) is 6.53. The number of piperidine rings is 1. The number of benzene rings is 1. The lowest BCUT2D eigenvalue weighted by Crippen LogP contribution is -2.52. The van der Waals surface area contributed by atoms with Gasteiger partial charge >= 0.3 is 0 Å². The summed E-state index contributed by atoms with van der Waals surface area (Å²) in [7, 11) is 0. The van der Waals surface area contributed by atoms with Crippen LogP contribution in [0.1, 0.15) is 51.5 Å². The van der Waals surface area contributed by atoms with Crippen molar-refractivity contribution in [3.05, 3.63) is 29.8 Å². The van der Waals surface area contributed by atoms with Gasteiger partial charge in [0.05, 0.1) is 0 Å². The molecule has 1 heterocycles. The predicted molar refractivity (Wildman–Crippen MR) is 89.0 cm³/mol. The smallest absolute Gasteiger partial charge is 0.260 e. The van der Waals surface area contributed by atoms with Crippen molar-refractivity contribution in [1.82, 2.24) is 4.90 Å². The van der Waals surface area contributed by atoms with Crippen molar-refractivity contribution in [1.29, 1.82) is 0 Å². The van der Waals surface area contributed by atoms with E-state index in [9.17, 15) is 4.79 Å². The zero-order chi connectivity index (χ0) is 16.1. The highest BCUT2D eigenvalue weighted by atomic mass is 16.5. The Balaban J connectivity index is 1.95. The highest BCUT2D eigenvalue weighted by Crippen LogP contribution is 2.22. The van der Waals surface area contributed by atoms with Gasteiger partial charge in [0.1, 0.15) is 5.75 Å². The van der Waals surface area contributed by atoms with Crippen LogP contribution in [0.15, 0.2) is 24.3 Å². The van der Waals surface area contributed by atoms with Gasteiger partial charge in [0.2, 0.25) is 0 Å². The minimum absolute atomic E-state index is 0.00789. The average Bonchev–Trinajstić information content (AvgIpc) is 2.52. The van der Waals surface area contributed by atoms with E-state index < -0.39 is 0 Å². The Kier molecular flexibility index (Phi) is 5.83. The lowest BCUT2D eigenvalue weighted by molar-refractivity contribution is -0.137. The molecular formula is C18H28N2O2. The Labute approximate surface area is 133 Å². The fraction of sp³-hybridized carbons (Fsp3) is 0.611. The molecule has 1 amide bonds. The third kappa shape index (κ3) is 4.23. The molecule has 0 spiro atoms. The molecule has 122 valence electrons. The van der Waals surface area contributed by atoms with Gasteiger partial charge in [-0.1, -0.05) is 26.0 Å². The number of nitrogens with zero attached hydrogens (tertiary/aromatic N) is 1. The highest BCUT2D eigenvalue weighted by molar-refractivity contribution is 5.78. The molecule has 4 nitrogen and oxygen atoms in total. The van der Waals surface area contributed by atoms with E-state index in [-0.39, 0.29) is 24.6 Å². The summed E-state index contributed by atoms with van der Waals surface area (Å²) in [4.78, 5) is 14.4. The van der Waals surface area contributed by atoms with Crippen molar-refractivity contribution in [2.45, 2.75) is 58.0 Å². The van der Waals surface area contributed by atoms with Crippen molar-refractivity contribution < 1.29 is 9.53 Å². The summed E-state index contributed by atoms with van der Waals surface area (Å²) in [5.74, 6) is 1.25. The molecule has 1 aromatic carbocycles. The van der Waals surface area contributed by atoms with Gasteiger partial charge in [-0.25, -0.2) is 0 Å². The third-order valence-electron chi connectivity index (χ3n) is 4.36. The fourth-order valence-electron chi connectivity index (χ4n) is 3.01. The van der Waals surface area contributed by atoms with Crippen LogP contribution < -0.4 is 10.5 Å². The molecule has 1 fully saturated rings. The van der Waals surface area contributed by atoms with E-state index in [1.807, 2.05) is 30.0 Å². The van der Waals surface area contributed by atoms with Crippen LogP contribution in [0.3, 0.4) is 0 Å². The largest absolute Gasteiger partial charge is 0.484 e. The van der Waals surface area contributed by atoms with Gasteiger partial charge in [-0.3, -0.25) is 4.79 Å². The van der Waals surface area contributed by atoms with Gasteiger partial charge in [0, 0.05) is 18.6 Å². The summed E-state index contributed by atoms with van der Waals surface area (Å²) in [6, 6.07) is 8.12. The number of amides is 1. The van der Waals surface area contributed by atoms with Gasteiger partial charge < -0.3 is 15.4 Å². The summed E-state index contributed by atoms with van der Waals surface area (Å²) in [5, 5.41) is 0. The van der Waals surface area contributed by atoms with Gasteiger partial charge in [-0.15, -0.1) is 0 Å². The minimum Gasteiger partial charge on any atom is -0.484 e. The van der Waals surface area contributed by atoms with Gasteiger partial charge in [0.25, 0.3) is 5.91 Å². The molecular weight excluding hydrogens is 276 g/mol. The molecule has 1 aliphatic heterocycles. The molecule has 0 saturated carbocycles. The van der Waals surface area contributed by atoms with Crippen LogP contribution in [0, 0.1) is 0 Å². The van der Waals surface area contributed by atoms with Crippen LogP contribution in [0.2, 0.25) is 0 Å². The van der Waals surface area contributed by atoms with E-state index in [2.05, 4.69) is 19.9 Å². The van der Waals surface area contributed by atoms with E-state index in [1.54, 1.807) is 0 Å². The summed E-state index contributed by atoms with van der Waals surface area (Å²) in [6.45, 7) is 7.14. The Hall–Kier alpha value is -1.55. The quantitative estimate of drug-likeness (QED) is 0.910. The van der Waals surface area contributed by atoms with Gasteiger partial charge in [-0.05, 0) is 49.8 Å². The molecule has 22 heavy (non-hydrogen) atoms. The number of rotatable bonds is 5. The topological polar surface area (TPSA) is 55.6 Å². The molecule has 2 unspecified atom stereocenters. The van der Waals surface area contributed by atoms with Crippen LogP contribution in [-0.4, -0.2) is 36.0 Å². The predicted octanol–water partition coefficient (Wildman–Crippen LogP) is 2.92. The summed E-state index contributed by atoms with van der Waals surface area (Å²) >= 11 is 0. The second-order valence-electron chi connectivity index (χ2n) is 6.53. The SMILES string of the molecule is CC(C)c1cccc(OCC(=O)N2CCCCC2C(C)N)c1. The zero-order valence-electron chi connectivity index (χ0n) is 13.9. The molecule has 0 aliphatic carbocycles. The molecule has 2 rings (SSSR count). The van der Waals surface area contributed by atoms with Crippen LogP contribution in [0.25, 0.3) is 0 Å². The molecule has 1 saturated heterocycles. The van der Waals surface area contributed by atoms with Crippen molar-refractivity contribution in [3.8, 4) is 5.75 Å². The fourth-order valence-corrected chi connectivity index (χ4v) is 3.01. The van der Waals surface area contributed by atoms with Crippen molar-refractivity contribution in [2.24, 2.45) is 5.73 Å². The van der Waals surface area contributed by atoms with E-state index in [1.165, 1.54) is 5.56 Å². The summed E-state index contributed by atoms with van der Waals surface area (Å²) in [6.07, 6.45) is 3.19. The third-order valence-corrected chi connectivity index (χ3v) is 4.36. The minimum atomic E-state index is 0.00789. The van der Waals surface area contributed by atoms with E-state index in [0.29, 0.717) is 5.92 Å².